The van der Waals surface area contributed by atoms with Crippen LogP contribution in [0.1, 0.15) is 19.8 Å². The van der Waals surface area contributed by atoms with Crippen molar-refractivity contribution >= 4 is 17.9 Å². The quantitative estimate of drug-likeness (QED) is 0.392. The monoisotopic (exact) mass is 236 g/mol. The number of carbonyl (C=O) groups is 3. The number of hydrogen-bond donors (Lipinski definition) is 5. The molecule has 0 saturated carbocycles. The van der Waals surface area contributed by atoms with Crippen molar-refractivity contribution in [1.82, 2.24) is 0 Å². The average Bonchev–Trinajstić information content (AvgIpc) is 2.14. The molecule has 0 fully saturated rings. The molecule has 0 aliphatic heterocycles. The number of carboxylic acid groups (broad SMARTS) is 3. The Kier molecular flexibility index (Phi) is 9.03. The van der Waals surface area contributed by atoms with Crippen molar-refractivity contribution in [3.8, 4) is 0 Å². The third-order valence-corrected chi connectivity index (χ3v) is 1.38. The van der Waals surface area contributed by atoms with Gasteiger partial charge in [-0.1, -0.05) is 0 Å². The lowest BCUT2D eigenvalue weighted by Gasteiger charge is -2.01. The van der Waals surface area contributed by atoms with Crippen LogP contribution in [-0.2, 0) is 14.4 Å². The highest BCUT2D eigenvalue weighted by Crippen LogP contribution is 1.93. The largest absolute Gasteiger partial charge is 0.481 e. The van der Waals surface area contributed by atoms with Gasteiger partial charge in [-0.05, 0) is 13.3 Å². The minimum absolute atomic E-state index is 0.0231. The van der Waals surface area contributed by atoms with Gasteiger partial charge in [0.05, 0.1) is 0 Å². The standard InChI is InChI=1S/C5H9NO4.C3H7NO2/c6-3(5(9)10)1-2-4(7)8;1-2(4)3(5)6/h3H,1-2,6H2,(H,7,8)(H,9,10);2H,4H2,1H3,(H,5,6)/t3-;/m0./s1. The van der Waals surface area contributed by atoms with E-state index in [1.54, 1.807) is 0 Å². The van der Waals surface area contributed by atoms with Crippen LogP contribution in [0.2, 0.25) is 0 Å². The molecule has 7 N–H and O–H groups in total. The molecule has 0 spiro atoms. The van der Waals surface area contributed by atoms with Crippen molar-refractivity contribution in [1.29, 1.82) is 0 Å². The molecule has 8 nitrogen and oxygen atoms in total. The molecule has 0 heterocycles. The molecular formula is C8H16N2O6. The lowest BCUT2D eigenvalue weighted by Crippen LogP contribution is -2.30. The van der Waals surface area contributed by atoms with Crippen LogP contribution < -0.4 is 11.5 Å². The first-order valence-electron chi connectivity index (χ1n) is 4.37. The predicted octanol–water partition coefficient (Wildman–Crippen LogP) is -1.32. The fraction of sp³-hybridized carbons (Fsp3) is 0.625. The zero-order valence-electron chi connectivity index (χ0n) is 8.79. The molecule has 0 aromatic carbocycles. The number of rotatable bonds is 5. The highest BCUT2D eigenvalue weighted by atomic mass is 16.4. The van der Waals surface area contributed by atoms with E-state index >= 15 is 0 Å². The molecule has 0 bridgehead atoms. The topological polar surface area (TPSA) is 164 Å². The summed E-state index contributed by atoms with van der Waals surface area (Å²) >= 11 is 0. The summed E-state index contributed by atoms with van der Waals surface area (Å²) in [5.74, 6) is -3.16. The first kappa shape index (κ1) is 16.7. The maximum Gasteiger partial charge on any atom is 0.320 e. The average molecular weight is 236 g/mol. The Labute approximate surface area is 91.8 Å². The number of carboxylic acids is 3. The van der Waals surface area contributed by atoms with Gasteiger partial charge in [-0.15, -0.1) is 0 Å². The Bertz CT molecular complexity index is 253. The Morgan fingerprint density at radius 3 is 1.62 bits per heavy atom. The van der Waals surface area contributed by atoms with Gasteiger partial charge in [0.1, 0.15) is 12.1 Å². The minimum atomic E-state index is -1.17. The second-order valence-corrected chi connectivity index (χ2v) is 3.00. The molecule has 0 aromatic rings. The van der Waals surface area contributed by atoms with E-state index in [-0.39, 0.29) is 12.8 Å². The van der Waals surface area contributed by atoms with Crippen molar-refractivity contribution in [3.05, 3.63) is 0 Å². The van der Waals surface area contributed by atoms with E-state index in [1.807, 2.05) is 0 Å². The molecule has 8 heteroatoms. The summed E-state index contributed by atoms with van der Waals surface area (Å²) in [5, 5.41) is 24.1. The van der Waals surface area contributed by atoms with Crippen molar-refractivity contribution in [2.75, 3.05) is 0 Å². The fourth-order valence-corrected chi connectivity index (χ4v) is 0.402. The molecular weight excluding hydrogens is 220 g/mol. The molecule has 0 radical (unpaired) electrons. The molecule has 0 rings (SSSR count). The maximum atomic E-state index is 9.99. The molecule has 0 amide bonds. The van der Waals surface area contributed by atoms with Gasteiger partial charge in [0, 0.05) is 6.42 Å². The van der Waals surface area contributed by atoms with E-state index in [0.717, 1.165) is 0 Å². The Balaban J connectivity index is 0. The predicted molar refractivity (Wildman–Crippen MR) is 53.8 cm³/mol. The van der Waals surface area contributed by atoms with Gasteiger partial charge in [0.25, 0.3) is 0 Å². The lowest BCUT2D eigenvalue weighted by atomic mass is 10.2. The van der Waals surface area contributed by atoms with E-state index in [9.17, 15) is 14.4 Å². The van der Waals surface area contributed by atoms with Gasteiger partial charge < -0.3 is 26.8 Å². The van der Waals surface area contributed by atoms with E-state index in [2.05, 4.69) is 0 Å². The summed E-state index contributed by atoms with van der Waals surface area (Å²) in [7, 11) is 0. The Morgan fingerprint density at radius 1 is 1.06 bits per heavy atom. The van der Waals surface area contributed by atoms with Crippen LogP contribution in [0.25, 0.3) is 0 Å². The van der Waals surface area contributed by atoms with Crippen molar-refractivity contribution in [2.45, 2.75) is 31.8 Å². The summed E-state index contributed by atoms with van der Waals surface area (Å²) in [6, 6.07) is -1.79. The van der Waals surface area contributed by atoms with Gasteiger partial charge >= 0.3 is 17.9 Å². The smallest absolute Gasteiger partial charge is 0.320 e. The summed E-state index contributed by atoms with van der Waals surface area (Å²) in [6.07, 6.45) is -0.224. The summed E-state index contributed by atoms with van der Waals surface area (Å²) in [4.78, 5) is 29.4. The van der Waals surface area contributed by atoms with Crippen LogP contribution in [0.15, 0.2) is 0 Å². The van der Waals surface area contributed by atoms with Gasteiger partial charge in [0.2, 0.25) is 0 Å². The van der Waals surface area contributed by atoms with Crippen LogP contribution in [-0.4, -0.2) is 45.3 Å². The zero-order valence-corrected chi connectivity index (χ0v) is 8.79. The van der Waals surface area contributed by atoms with Crippen LogP contribution >= 0.6 is 0 Å². The summed E-state index contributed by atoms with van der Waals surface area (Å²) in [5.41, 5.74) is 9.84. The van der Waals surface area contributed by atoms with Crippen molar-refractivity contribution < 1.29 is 29.7 Å². The van der Waals surface area contributed by atoms with Crippen LogP contribution in [0.5, 0.6) is 0 Å². The Hall–Kier alpha value is -1.67. The first-order valence-corrected chi connectivity index (χ1v) is 4.37. The molecule has 0 aliphatic rings. The lowest BCUT2D eigenvalue weighted by molar-refractivity contribution is -0.140. The third kappa shape index (κ3) is 12.3. The van der Waals surface area contributed by atoms with Crippen molar-refractivity contribution in [2.24, 2.45) is 11.5 Å². The van der Waals surface area contributed by atoms with Crippen molar-refractivity contribution in [3.63, 3.8) is 0 Å². The van der Waals surface area contributed by atoms with E-state index in [1.165, 1.54) is 6.92 Å². The van der Waals surface area contributed by atoms with E-state index in [0.29, 0.717) is 0 Å². The van der Waals surface area contributed by atoms with Crippen LogP contribution in [0.4, 0.5) is 0 Å². The van der Waals surface area contributed by atoms with Crippen LogP contribution in [0, 0.1) is 0 Å². The molecule has 1 unspecified atom stereocenters. The maximum absolute atomic E-state index is 9.99. The van der Waals surface area contributed by atoms with E-state index < -0.39 is 30.0 Å². The second kappa shape index (κ2) is 8.62. The molecule has 94 valence electrons. The van der Waals surface area contributed by atoms with Crippen LogP contribution in [0.3, 0.4) is 0 Å². The highest BCUT2D eigenvalue weighted by molar-refractivity contribution is 5.74. The second-order valence-electron chi connectivity index (χ2n) is 3.00. The normalized spacial score (nSPS) is 12.9. The van der Waals surface area contributed by atoms with Gasteiger partial charge in [0.15, 0.2) is 0 Å². The van der Waals surface area contributed by atoms with Gasteiger partial charge in [-0.2, -0.15) is 0 Å². The number of hydrogen-bond acceptors (Lipinski definition) is 5. The Morgan fingerprint density at radius 2 is 1.44 bits per heavy atom. The van der Waals surface area contributed by atoms with E-state index in [4.69, 9.17) is 26.8 Å². The summed E-state index contributed by atoms with van der Waals surface area (Å²) in [6.45, 7) is 1.42. The fourth-order valence-electron chi connectivity index (χ4n) is 0.402. The molecule has 0 aromatic heterocycles. The zero-order chi connectivity index (χ0) is 13.3. The van der Waals surface area contributed by atoms with Gasteiger partial charge in [-0.3, -0.25) is 14.4 Å². The summed E-state index contributed by atoms with van der Waals surface area (Å²) < 4.78 is 0. The molecule has 0 saturated heterocycles. The SMILES string of the molecule is CC(N)C(=O)O.N[C@@H](CCC(=O)O)C(=O)O. The molecule has 16 heavy (non-hydrogen) atoms. The molecule has 0 aliphatic carbocycles. The highest BCUT2D eigenvalue weighted by Gasteiger charge is 2.12. The third-order valence-electron chi connectivity index (χ3n) is 1.38. The number of aliphatic carboxylic acids is 3. The first-order chi connectivity index (χ1) is 7.18. The van der Waals surface area contributed by atoms with Gasteiger partial charge in [-0.25, -0.2) is 0 Å². The minimum Gasteiger partial charge on any atom is -0.481 e. The number of nitrogens with two attached hydrogens (primary N) is 2. The molecule has 2 atom stereocenters.